The van der Waals surface area contributed by atoms with Crippen LogP contribution in [0, 0.1) is 23.5 Å². The largest absolute Gasteiger partial charge is 0.490 e. The number of fused-ring (bicyclic) bond motifs is 1. The van der Waals surface area contributed by atoms with E-state index in [0.717, 1.165) is 58.0 Å². The highest BCUT2D eigenvalue weighted by Crippen LogP contribution is 2.48. The maximum absolute atomic E-state index is 15.4. The predicted octanol–water partition coefficient (Wildman–Crippen LogP) is 9.56. The van der Waals surface area contributed by atoms with Gasteiger partial charge in [-0.05, 0) is 75.1 Å². The Morgan fingerprint density at radius 1 is 0.786 bits per heavy atom. The van der Waals surface area contributed by atoms with Crippen LogP contribution in [0.5, 0.6) is 5.75 Å². The van der Waals surface area contributed by atoms with Gasteiger partial charge in [0.2, 0.25) is 11.8 Å². The molecule has 1 aromatic heterocycles. The number of rotatable bonds is 20. The highest BCUT2D eigenvalue weighted by molar-refractivity contribution is 5.63. The van der Waals surface area contributed by atoms with Crippen LogP contribution < -0.4 is 4.74 Å². The third-order valence-electron chi connectivity index (χ3n) is 7.80. The van der Waals surface area contributed by atoms with Gasteiger partial charge in [-0.25, -0.2) is 18.2 Å². The maximum atomic E-state index is 15.4. The number of aromatic nitrogens is 1. The van der Waals surface area contributed by atoms with Crippen LogP contribution in [0.1, 0.15) is 102 Å². The molecular formula is C33H46F5NO3. The second kappa shape index (κ2) is 17.8. The number of ether oxygens (including phenoxy) is 3. The van der Waals surface area contributed by atoms with Crippen molar-refractivity contribution in [2.75, 3.05) is 33.0 Å². The fraction of sp³-hybridized carbons (Fsp3) is 0.667. The van der Waals surface area contributed by atoms with Crippen molar-refractivity contribution in [2.24, 2.45) is 5.92 Å². The van der Waals surface area contributed by atoms with Crippen LogP contribution in [0.4, 0.5) is 22.0 Å². The normalized spacial score (nSPS) is 16.0. The van der Waals surface area contributed by atoms with Gasteiger partial charge in [0.15, 0.2) is 11.6 Å². The molecule has 9 heteroatoms. The molecule has 1 atom stereocenters. The summed E-state index contributed by atoms with van der Waals surface area (Å²) in [5.41, 5.74) is -1.15. The molecule has 1 aliphatic rings. The summed E-state index contributed by atoms with van der Waals surface area (Å²) in [6.45, 7) is 7.01. The van der Waals surface area contributed by atoms with Gasteiger partial charge in [0.25, 0.3) is 5.92 Å². The third-order valence-corrected chi connectivity index (χ3v) is 7.80. The maximum Gasteiger partial charge on any atom is 0.280 e. The average molecular weight is 600 g/mol. The molecule has 236 valence electrons. The first-order valence-electron chi connectivity index (χ1n) is 15.7. The van der Waals surface area contributed by atoms with Crippen molar-refractivity contribution < 1.29 is 36.2 Å². The van der Waals surface area contributed by atoms with Gasteiger partial charge in [0, 0.05) is 37.9 Å². The zero-order valence-electron chi connectivity index (χ0n) is 25.1. The number of aryl methyl sites for hydroxylation is 1. The second-order valence-electron chi connectivity index (χ2n) is 11.1. The predicted molar refractivity (Wildman–Crippen MR) is 155 cm³/mol. The fourth-order valence-corrected chi connectivity index (χ4v) is 5.30. The number of benzene rings is 1. The van der Waals surface area contributed by atoms with Crippen molar-refractivity contribution in [3.8, 4) is 17.0 Å². The SMILES string of the molecule is CCCCCOCCCCCC1CCc2cc(-c3ccc(OCCCCOCCCC)c(F)c3F)nc(F)c2C1(F)F. The summed E-state index contributed by atoms with van der Waals surface area (Å²) in [4.78, 5) is 3.66. The number of halogens is 5. The molecule has 0 radical (unpaired) electrons. The van der Waals surface area contributed by atoms with Gasteiger partial charge in [-0.2, -0.15) is 8.78 Å². The minimum absolute atomic E-state index is 0.0838. The molecule has 0 spiro atoms. The molecule has 0 aliphatic heterocycles. The van der Waals surface area contributed by atoms with E-state index >= 15 is 13.2 Å². The lowest BCUT2D eigenvalue weighted by atomic mass is 9.78. The number of nitrogens with zero attached hydrogens (tertiary/aromatic N) is 1. The molecule has 1 heterocycles. The Hall–Kier alpha value is -2.26. The Labute approximate surface area is 247 Å². The van der Waals surface area contributed by atoms with E-state index in [0.29, 0.717) is 32.7 Å². The van der Waals surface area contributed by atoms with Crippen molar-refractivity contribution in [2.45, 2.75) is 103 Å². The molecule has 0 saturated heterocycles. The van der Waals surface area contributed by atoms with Crippen LogP contribution in [0.3, 0.4) is 0 Å². The summed E-state index contributed by atoms with van der Waals surface area (Å²) in [7, 11) is 0. The van der Waals surface area contributed by atoms with Gasteiger partial charge < -0.3 is 14.2 Å². The van der Waals surface area contributed by atoms with Crippen molar-refractivity contribution >= 4 is 0 Å². The molecule has 42 heavy (non-hydrogen) atoms. The molecule has 0 N–H and O–H groups in total. The van der Waals surface area contributed by atoms with Gasteiger partial charge in [-0.15, -0.1) is 0 Å². The van der Waals surface area contributed by atoms with Crippen molar-refractivity contribution in [3.63, 3.8) is 0 Å². The van der Waals surface area contributed by atoms with Crippen LogP contribution in [0.15, 0.2) is 18.2 Å². The molecule has 0 saturated carbocycles. The van der Waals surface area contributed by atoms with E-state index < -0.39 is 35.0 Å². The second-order valence-corrected chi connectivity index (χ2v) is 11.1. The summed E-state index contributed by atoms with van der Waals surface area (Å²) in [5, 5.41) is 0. The number of hydrogen-bond donors (Lipinski definition) is 0. The monoisotopic (exact) mass is 599 g/mol. The Morgan fingerprint density at radius 2 is 1.43 bits per heavy atom. The summed E-state index contributed by atoms with van der Waals surface area (Å²) in [6, 6.07) is 3.76. The van der Waals surface area contributed by atoms with Gasteiger partial charge in [-0.1, -0.05) is 46.0 Å². The molecular weight excluding hydrogens is 553 g/mol. The van der Waals surface area contributed by atoms with Gasteiger partial charge in [0.05, 0.1) is 17.9 Å². The third kappa shape index (κ3) is 9.63. The van der Waals surface area contributed by atoms with Crippen LogP contribution in [0.25, 0.3) is 11.3 Å². The number of alkyl halides is 2. The number of hydrogen-bond acceptors (Lipinski definition) is 4. The topological polar surface area (TPSA) is 40.6 Å². The quantitative estimate of drug-likeness (QED) is 0.0863. The molecule has 1 aromatic carbocycles. The minimum atomic E-state index is -3.39. The smallest absolute Gasteiger partial charge is 0.280 e. The summed E-state index contributed by atoms with van der Waals surface area (Å²) in [5.74, 6) is -8.45. The van der Waals surface area contributed by atoms with Crippen LogP contribution in [-0.2, 0) is 21.8 Å². The summed E-state index contributed by atoms with van der Waals surface area (Å²) >= 11 is 0. The highest BCUT2D eigenvalue weighted by atomic mass is 19.3. The van der Waals surface area contributed by atoms with E-state index in [-0.39, 0.29) is 48.4 Å². The fourth-order valence-electron chi connectivity index (χ4n) is 5.30. The molecule has 0 amide bonds. The van der Waals surface area contributed by atoms with E-state index in [1.165, 1.54) is 18.2 Å². The van der Waals surface area contributed by atoms with Gasteiger partial charge >= 0.3 is 0 Å². The molecule has 3 rings (SSSR count). The van der Waals surface area contributed by atoms with Gasteiger partial charge in [0.1, 0.15) is 0 Å². The molecule has 0 bridgehead atoms. The van der Waals surface area contributed by atoms with Gasteiger partial charge in [-0.3, -0.25) is 0 Å². The zero-order chi connectivity index (χ0) is 30.4. The Bertz CT molecular complexity index is 1100. The number of pyridine rings is 1. The van der Waals surface area contributed by atoms with E-state index in [1.807, 2.05) is 0 Å². The average Bonchev–Trinajstić information content (AvgIpc) is 2.96. The lowest BCUT2D eigenvalue weighted by Crippen LogP contribution is -2.33. The van der Waals surface area contributed by atoms with E-state index in [1.54, 1.807) is 0 Å². The molecule has 1 aliphatic carbocycles. The lowest BCUT2D eigenvalue weighted by molar-refractivity contribution is -0.0825. The van der Waals surface area contributed by atoms with Crippen molar-refractivity contribution in [1.82, 2.24) is 4.98 Å². The molecule has 1 unspecified atom stereocenters. The minimum Gasteiger partial charge on any atom is -0.490 e. The molecule has 4 nitrogen and oxygen atoms in total. The van der Waals surface area contributed by atoms with Crippen molar-refractivity contribution in [1.29, 1.82) is 0 Å². The molecule has 0 fully saturated rings. The van der Waals surface area contributed by atoms with Crippen molar-refractivity contribution in [3.05, 3.63) is 46.9 Å². The molecule has 2 aromatic rings. The standard InChI is InChI=1S/C33H46F5NO3/c1-3-5-9-19-41-20-10-7-8-13-25-15-14-24-23-27(39-32(36)29(24)33(25,37)38)26-16-17-28(31(35)30(26)34)42-22-12-11-21-40-18-6-4-2/h16-17,23,25H,3-15,18-22H2,1-2H3. The lowest BCUT2D eigenvalue weighted by Gasteiger charge is -2.33. The van der Waals surface area contributed by atoms with E-state index in [9.17, 15) is 8.78 Å². The Balaban J connectivity index is 1.56. The first kappa shape index (κ1) is 34.2. The number of unbranched alkanes of at least 4 members (excludes halogenated alkanes) is 6. The van der Waals surface area contributed by atoms with E-state index in [4.69, 9.17) is 14.2 Å². The first-order valence-corrected chi connectivity index (χ1v) is 15.7. The zero-order valence-corrected chi connectivity index (χ0v) is 25.1. The highest BCUT2D eigenvalue weighted by Gasteiger charge is 2.47. The van der Waals surface area contributed by atoms with Crippen LogP contribution >= 0.6 is 0 Å². The van der Waals surface area contributed by atoms with Crippen LogP contribution in [0.2, 0.25) is 0 Å². The van der Waals surface area contributed by atoms with E-state index in [2.05, 4.69) is 18.8 Å². The first-order chi connectivity index (χ1) is 20.3. The Morgan fingerprint density at radius 3 is 2.14 bits per heavy atom. The van der Waals surface area contributed by atoms with Crippen LogP contribution in [-0.4, -0.2) is 38.0 Å². The Kier molecular flexibility index (Phi) is 14.5. The summed E-state index contributed by atoms with van der Waals surface area (Å²) < 4.78 is 92.1. The summed E-state index contributed by atoms with van der Waals surface area (Å²) in [6.07, 6.45) is 9.54.